The molecule has 0 atom stereocenters. The van der Waals surface area contributed by atoms with Crippen LogP contribution >= 0.6 is 0 Å². The van der Waals surface area contributed by atoms with E-state index in [1.165, 1.54) is 28.1 Å². The first-order valence-electron chi connectivity index (χ1n) is 5.90. The van der Waals surface area contributed by atoms with Gasteiger partial charge < -0.3 is 5.32 Å². The van der Waals surface area contributed by atoms with Gasteiger partial charge in [-0.1, -0.05) is 12.1 Å². The Bertz CT molecular complexity index is 526. The fraction of sp³-hybridized carbons (Fsp3) is 0.357. The van der Waals surface area contributed by atoms with Gasteiger partial charge in [-0.3, -0.25) is 0 Å². The highest BCUT2D eigenvalue weighted by Gasteiger charge is 2.09. The molecule has 0 radical (unpaired) electrons. The number of benzene rings is 1. The molecule has 90 valence electrons. The summed E-state index contributed by atoms with van der Waals surface area (Å²) in [6.45, 7) is 7.24. The van der Waals surface area contributed by atoms with Crippen LogP contribution in [-0.2, 0) is 6.54 Å². The summed E-state index contributed by atoms with van der Waals surface area (Å²) >= 11 is 0. The predicted octanol–water partition coefficient (Wildman–Crippen LogP) is 2.52. The lowest BCUT2D eigenvalue weighted by atomic mass is 10.1. The number of hydrogen-bond acceptors (Lipinski definition) is 2. The van der Waals surface area contributed by atoms with Gasteiger partial charge in [0.15, 0.2) is 0 Å². The van der Waals surface area contributed by atoms with Crippen molar-refractivity contribution in [2.24, 2.45) is 0 Å². The zero-order valence-corrected chi connectivity index (χ0v) is 10.9. The molecule has 0 aliphatic rings. The van der Waals surface area contributed by atoms with Crippen molar-refractivity contribution in [1.82, 2.24) is 15.1 Å². The summed E-state index contributed by atoms with van der Waals surface area (Å²) in [6, 6.07) is 6.33. The van der Waals surface area contributed by atoms with Crippen LogP contribution in [0.3, 0.4) is 0 Å². The van der Waals surface area contributed by atoms with Crippen molar-refractivity contribution >= 4 is 0 Å². The van der Waals surface area contributed by atoms with Gasteiger partial charge in [0.2, 0.25) is 0 Å². The Kier molecular flexibility index (Phi) is 3.29. The van der Waals surface area contributed by atoms with Crippen LogP contribution in [0, 0.1) is 20.8 Å². The molecule has 3 nitrogen and oxygen atoms in total. The Morgan fingerprint density at radius 1 is 1.24 bits per heavy atom. The van der Waals surface area contributed by atoms with Crippen molar-refractivity contribution in [3.05, 3.63) is 46.8 Å². The van der Waals surface area contributed by atoms with E-state index in [0.29, 0.717) is 0 Å². The number of rotatable bonds is 3. The summed E-state index contributed by atoms with van der Waals surface area (Å²) in [7, 11) is 1.95. The van der Waals surface area contributed by atoms with Gasteiger partial charge in [0.25, 0.3) is 0 Å². The second-order valence-corrected chi connectivity index (χ2v) is 4.42. The summed E-state index contributed by atoms with van der Waals surface area (Å²) in [5, 5.41) is 7.65. The fourth-order valence-corrected chi connectivity index (χ4v) is 2.02. The van der Waals surface area contributed by atoms with E-state index in [9.17, 15) is 0 Å². The maximum absolute atomic E-state index is 4.48. The molecular weight excluding hydrogens is 210 g/mol. The molecule has 1 N–H and O–H groups in total. The SMILES string of the molecule is CNCc1cnn(-c2cccc(C)c2C)c1C. The van der Waals surface area contributed by atoms with Crippen LogP contribution < -0.4 is 5.32 Å². The zero-order valence-electron chi connectivity index (χ0n) is 10.9. The molecule has 0 saturated carbocycles. The number of hydrogen-bond donors (Lipinski definition) is 1. The van der Waals surface area contributed by atoms with Crippen molar-refractivity contribution in [1.29, 1.82) is 0 Å². The summed E-state index contributed by atoms with van der Waals surface area (Å²) in [4.78, 5) is 0. The third-order valence-corrected chi connectivity index (χ3v) is 3.28. The lowest BCUT2D eigenvalue weighted by Gasteiger charge is -2.10. The van der Waals surface area contributed by atoms with Gasteiger partial charge >= 0.3 is 0 Å². The van der Waals surface area contributed by atoms with Gasteiger partial charge in [-0.2, -0.15) is 5.10 Å². The van der Waals surface area contributed by atoms with Crippen LogP contribution in [-0.4, -0.2) is 16.8 Å². The molecule has 0 aliphatic heterocycles. The number of aryl methyl sites for hydroxylation is 1. The van der Waals surface area contributed by atoms with E-state index in [1.807, 2.05) is 17.9 Å². The normalized spacial score (nSPS) is 10.8. The Labute approximate surface area is 102 Å². The molecule has 0 unspecified atom stereocenters. The highest BCUT2D eigenvalue weighted by Crippen LogP contribution is 2.19. The van der Waals surface area contributed by atoms with E-state index in [0.717, 1.165) is 6.54 Å². The molecule has 0 amide bonds. The van der Waals surface area contributed by atoms with Crippen molar-refractivity contribution < 1.29 is 0 Å². The quantitative estimate of drug-likeness (QED) is 0.876. The first kappa shape index (κ1) is 11.9. The van der Waals surface area contributed by atoms with Gasteiger partial charge in [-0.25, -0.2) is 4.68 Å². The molecule has 0 spiro atoms. The second-order valence-electron chi connectivity index (χ2n) is 4.42. The molecule has 17 heavy (non-hydrogen) atoms. The van der Waals surface area contributed by atoms with Crippen LogP contribution in [0.1, 0.15) is 22.4 Å². The van der Waals surface area contributed by atoms with E-state index in [4.69, 9.17) is 0 Å². The molecule has 1 heterocycles. The minimum Gasteiger partial charge on any atom is -0.316 e. The molecule has 0 saturated heterocycles. The standard InChI is InChI=1S/C14H19N3/c1-10-6-5-7-14(11(10)2)17-12(3)13(8-15-4)9-16-17/h5-7,9,15H,8H2,1-4H3. The molecule has 1 aromatic heterocycles. The van der Waals surface area contributed by atoms with E-state index < -0.39 is 0 Å². The largest absolute Gasteiger partial charge is 0.316 e. The molecular formula is C14H19N3. The molecule has 3 heteroatoms. The number of aromatic nitrogens is 2. The summed E-state index contributed by atoms with van der Waals surface area (Å²) in [5.41, 5.74) is 6.20. The molecule has 0 bridgehead atoms. The van der Waals surface area contributed by atoms with Crippen molar-refractivity contribution in [3.8, 4) is 5.69 Å². The predicted molar refractivity (Wildman–Crippen MR) is 70.5 cm³/mol. The van der Waals surface area contributed by atoms with E-state index >= 15 is 0 Å². The van der Waals surface area contributed by atoms with Gasteiger partial charge in [-0.05, 0) is 45.0 Å². The number of nitrogens with zero attached hydrogens (tertiary/aromatic N) is 2. The summed E-state index contributed by atoms with van der Waals surface area (Å²) in [5.74, 6) is 0. The van der Waals surface area contributed by atoms with Gasteiger partial charge in [0.05, 0.1) is 11.9 Å². The monoisotopic (exact) mass is 229 g/mol. The van der Waals surface area contributed by atoms with Gasteiger partial charge in [0, 0.05) is 17.8 Å². The molecule has 1 aromatic carbocycles. The average Bonchev–Trinajstić information content (AvgIpc) is 2.66. The first-order valence-corrected chi connectivity index (χ1v) is 5.90. The molecule has 0 aliphatic carbocycles. The Morgan fingerprint density at radius 3 is 2.71 bits per heavy atom. The lowest BCUT2D eigenvalue weighted by molar-refractivity contribution is 0.799. The average molecular weight is 229 g/mol. The van der Waals surface area contributed by atoms with Crippen molar-refractivity contribution in [2.75, 3.05) is 7.05 Å². The molecule has 2 rings (SSSR count). The van der Waals surface area contributed by atoms with Crippen molar-refractivity contribution in [2.45, 2.75) is 27.3 Å². The van der Waals surface area contributed by atoms with Gasteiger partial charge in [0.1, 0.15) is 0 Å². The lowest BCUT2D eigenvalue weighted by Crippen LogP contribution is -2.07. The third-order valence-electron chi connectivity index (χ3n) is 3.28. The van der Waals surface area contributed by atoms with Crippen LogP contribution in [0.25, 0.3) is 5.69 Å². The summed E-state index contributed by atoms with van der Waals surface area (Å²) in [6.07, 6.45) is 1.94. The molecule has 0 fully saturated rings. The Hall–Kier alpha value is -1.61. The maximum atomic E-state index is 4.48. The smallest absolute Gasteiger partial charge is 0.0680 e. The highest BCUT2D eigenvalue weighted by molar-refractivity contribution is 5.45. The van der Waals surface area contributed by atoms with Gasteiger partial charge in [-0.15, -0.1) is 0 Å². The maximum Gasteiger partial charge on any atom is 0.0680 e. The highest BCUT2D eigenvalue weighted by atomic mass is 15.3. The van der Waals surface area contributed by atoms with E-state index in [-0.39, 0.29) is 0 Å². The second kappa shape index (κ2) is 4.72. The van der Waals surface area contributed by atoms with E-state index in [1.54, 1.807) is 0 Å². The Balaban J connectivity index is 2.50. The van der Waals surface area contributed by atoms with Crippen LogP contribution in [0.2, 0.25) is 0 Å². The topological polar surface area (TPSA) is 29.9 Å². The first-order chi connectivity index (χ1) is 8.15. The zero-order chi connectivity index (χ0) is 12.4. The third kappa shape index (κ3) is 2.11. The van der Waals surface area contributed by atoms with Crippen molar-refractivity contribution in [3.63, 3.8) is 0 Å². The van der Waals surface area contributed by atoms with E-state index in [2.05, 4.69) is 49.4 Å². The van der Waals surface area contributed by atoms with Crippen LogP contribution in [0.5, 0.6) is 0 Å². The Morgan fingerprint density at radius 2 is 2.00 bits per heavy atom. The summed E-state index contributed by atoms with van der Waals surface area (Å²) < 4.78 is 2.02. The number of nitrogens with one attached hydrogen (secondary N) is 1. The fourth-order valence-electron chi connectivity index (χ4n) is 2.02. The minimum absolute atomic E-state index is 0.858. The van der Waals surface area contributed by atoms with Crippen LogP contribution in [0.15, 0.2) is 24.4 Å². The minimum atomic E-state index is 0.858. The molecule has 2 aromatic rings. The van der Waals surface area contributed by atoms with Crippen LogP contribution in [0.4, 0.5) is 0 Å².